The molecule has 1 N–H and O–H groups in total. The van der Waals surface area contributed by atoms with Gasteiger partial charge in [-0.25, -0.2) is 0 Å². The summed E-state index contributed by atoms with van der Waals surface area (Å²) < 4.78 is 9.07. The topological polar surface area (TPSA) is 84.9 Å². The molecule has 116 valence electrons. The second-order valence-electron chi connectivity index (χ2n) is 4.38. The number of nitrogens with one attached hydrogen (secondary N) is 1. The van der Waals surface area contributed by atoms with Gasteiger partial charge in [-0.05, 0) is 12.8 Å². The van der Waals surface area contributed by atoms with Crippen LogP contribution in [0.25, 0.3) is 0 Å². The number of carbonyl (C=O) groups excluding carboxylic acids is 3. The zero-order chi connectivity index (χ0) is 15.5. The Labute approximate surface area is 119 Å². The van der Waals surface area contributed by atoms with E-state index in [1.807, 2.05) is 13.8 Å². The quantitative estimate of drug-likeness (QED) is 0.598. The Bertz CT molecular complexity index is 311. The monoisotopic (exact) mass is 288 g/mol. The standard InChI is InChI=1S/C13H24N2O5/c1-5-10(6-2)14-11(16)7-15(8-12(17)19-3)9-13(18)20-4/h10H,5-9H2,1-4H3,(H,14,16). The van der Waals surface area contributed by atoms with Gasteiger partial charge < -0.3 is 14.8 Å². The van der Waals surface area contributed by atoms with E-state index in [1.54, 1.807) is 0 Å². The van der Waals surface area contributed by atoms with Gasteiger partial charge in [0, 0.05) is 6.04 Å². The number of hydrogen-bond donors (Lipinski definition) is 1. The van der Waals surface area contributed by atoms with Gasteiger partial charge in [0.25, 0.3) is 0 Å². The number of methoxy groups -OCH3 is 2. The molecule has 0 aliphatic heterocycles. The normalized spacial score (nSPS) is 10.5. The molecule has 0 aromatic rings. The summed E-state index contributed by atoms with van der Waals surface area (Å²) in [5.41, 5.74) is 0. The Morgan fingerprint density at radius 3 is 1.75 bits per heavy atom. The highest BCUT2D eigenvalue weighted by Crippen LogP contribution is 1.97. The van der Waals surface area contributed by atoms with Gasteiger partial charge in [-0.1, -0.05) is 13.8 Å². The molecule has 0 aromatic carbocycles. The predicted molar refractivity (Wildman–Crippen MR) is 73.0 cm³/mol. The minimum Gasteiger partial charge on any atom is -0.468 e. The molecule has 20 heavy (non-hydrogen) atoms. The van der Waals surface area contributed by atoms with Crippen molar-refractivity contribution < 1.29 is 23.9 Å². The lowest BCUT2D eigenvalue weighted by Gasteiger charge is -2.21. The molecule has 0 aliphatic carbocycles. The van der Waals surface area contributed by atoms with Gasteiger partial charge >= 0.3 is 11.9 Å². The van der Waals surface area contributed by atoms with E-state index < -0.39 is 11.9 Å². The molecule has 0 unspecified atom stereocenters. The van der Waals surface area contributed by atoms with Gasteiger partial charge in [0.2, 0.25) is 5.91 Å². The van der Waals surface area contributed by atoms with Gasteiger partial charge in [0.15, 0.2) is 0 Å². The maximum atomic E-state index is 11.9. The first kappa shape index (κ1) is 18.4. The molecule has 7 heteroatoms. The Morgan fingerprint density at radius 2 is 1.40 bits per heavy atom. The lowest BCUT2D eigenvalue weighted by molar-refractivity contribution is -0.146. The minimum atomic E-state index is -0.510. The number of amides is 1. The molecule has 7 nitrogen and oxygen atoms in total. The highest BCUT2D eigenvalue weighted by Gasteiger charge is 2.19. The summed E-state index contributed by atoms with van der Waals surface area (Å²) in [6.07, 6.45) is 1.66. The molecule has 0 atom stereocenters. The van der Waals surface area contributed by atoms with Crippen molar-refractivity contribution >= 4 is 17.8 Å². The fourth-order valence-corrected chi connectivity index (χ4v) is 1.63. The van der Waals surface area contributed by atoms with Crippen molar-refractivity contribution in [1.82, 2.24) is 10.2 Å². The third-order valence-electron chi connectivity index (χ3n) is 2.88. The Balaban J connectivity index is 4.49. The summed E-state index contributed by atoms with van der Waals surface area (Å²) >= 11 is 0. The number of ether oxygens (including phenoxy) is 2. The first-order chi connectivity index (χ1) is 9.46. The molecule has 1 amide bonds. The van der Waals surface area contributed by atoms with Gasteiger partial charge in [0.1, 0.15) is 0 Å². The average Bonchev–Trinajstić information content (AvgIpc) is 2.43. The van der Waals surface area contributed by atoms with Crippen molar-refractivity contribution in [2.75, 3.05) is 33.9 Å². The van der Waals surface area contributed by atoms with E-state index in [2.05, 4.69) is 14.8 Å². The van der Waals surface area contributed by atoms with Crippen LogP contribution in [-0.2, 0) is 23.9 Å². The second-order valence-corrected chi connectivity index (χ2v) is 4.38. The third-order valence-corrected chi connectivity index (χ3v) is 2.88. The first-order valence-electron chi connectivity index (χ1n) is 6.62. The van der Waals surface area contributed by atoms with Crippen molar-refractivity contribution in [2.24, 2.45) is 0 Å². The van der Waals surface area contributed by atoms with E-state index in [1.165, 1.54) is 19.1 Å². The number of carbonyl (C=O) groups is 3. The van der Waals surface area contributed by atoms with Crippen LogP contribution in [0.15, 0.2) is 0 Å². The average molecular weight is 288 g/mol. The SMILES string of the molecule is CCC(CC)NC(=O)CN(CC(=O)OC)CC(=O)OC. The zero-order valence-electron chi connectivity index (χ0n) is 12.6. The van der Waals surface area contributed by atoms with Crippen LogP contribution in [-0.4, -0.2) is 62.6 Å². The lowest BCUT2D eigenvalue weighted by Crippen LogP contribution is -2.45. The number of esters is 2. The Kier molecular flexibility index (Phi) is 9.36. The summed E-state index contributed by atoms with van der Waals surface area (Å²) in [5.74, 6) is -1.25. The van der Waals surface area contributed by atoms with E-state index in [-0.39, 0.29) is 31.6 Å². The molecule has 0 aliphatic rings. The molecule has 0 fully saturated rings. The lowest BCUT2D eigenvalue weighted by atomic mass is 10.2. The molecule has 0 rings (SSSR count). The fourth-order valence-electron chi connectivity index (χ4n) is 1.63. The van der Waals surface area contributed by atoms with Gasteiger partial charge in [-0.2, -0.15) is 0 Å². The maximum Gasteiger partial charge on any atom is 0.319 e. The summed E-state index contributed by atoms with van der Waals surface area (Å²) in [6, 6.07) is 0.0978. The second kappa shape index (κ2) is 10.2. The first-order valence-corrected chi connectivity index (χ1v) is 6.62. The highest BCUT2D eigenvalue weighted by molar-refractivity contribution is 5.81. The van der Waals surface area contributed by atoms with Crippen LogP contribution < -0.4 is 5.32 Å². The summed E-state index contributed by atoms with van der Waals surface area (Å²) in [5, 5.41) is 2.84. The van der Waals surface area contributed by atoms with E-state index in [4.69, 9.17) is 0 Å². The predicted octanol–water partition coefficient (Wildman–Crippen LogP) is -0.0608. The van der Waals surface area contributed by atoms with Crippen LogP contribution >= 0.6 is 0 Å². The zero-order valence-corrected chi connectivity index (χ0v) is 12.6. The molecule has 0 radical (unpaired) electrons. The van der Waals surface area contributed by atoms with Crippen molar-refractivity contribution in [3.63, 3.8) is 0 Å². The third kappa shape index (κ3) is 7.73. The number of rotatable bonds is 9. The van der Waals surface area contributed by atoms with Crippen molar-refractivity contribution in [2.45, 2.75) is 32.7 Å². The fraction of sp³-hybridized carbons (Fsp3) is 0.769. The maximum absolute atomic E-state index is 11.9. The molecule has 0 spiro atoms. The van der Waals surface area contributed by atoms with E-state index in [0.29, 0.717) is 0 Å². The molecule has 0 bridgehead atoms. The van der Waals surface area contributed by atoms with Crippen LogP contribution in [0, 0.1) is 0 Å². The molecular formula is C13H24N2O5. The largest absolute Gasteiger partial charge is 0.468 e. The number of hydrogen-bond acceptors (Lipinski definition) is 6. The van der Waals surface area contributed by atoms with E-state index >= 15 is 0 Å². The van der Waals surface area contributed by atoms with E-state index in [9.17, 15) is 14.4 Å². The van der Waals surface area contributed by atoms with Crippen LogP contribution in [0.5, 0.6) is 0 Å². The van der Waals surface area contributed by atoms with Gasteiger partial charge in [-0.15, -0.1) is 0 Å². The molecule has 0 saturated heterocycles. The molecule has 0 aromatic heterocycles. The van der Waals surface area contributed by atoms with Crippen molar-refractivity contribution in [3.05, 3.63) is 0 Å². The van der Waals surface area contributed by atoms with Crippen molar-refractivity contribution in [1.29, 1.82) is 0 Å². The van der Waals surface area contributed by atoms with Crippen LogP contribution in [0.2, 0.25) is 0 Å². The molecule has 0 saturated carbocycles. The van der Waals surface area contributed by atoms with Crippen LogP contribution in [0.4, 0.5) is 0 Å². The smallest absolute Gasteiger partial charge is 0.319 e. The summed E-state index contributed by atoms with van der Waals surface area (Å²) in [4.78, 5) is 35.8. The highest BCUT2D eigenvalue weighted by atomic mass is 16.5. The van der Waals surface area contributed by atoms with Crippen LogP contribution in [0.1, 0.15) is 26.7 Å². The van der Waals surface area contributed by atoms with Gasteiger partial charge in [0.05, 0.1) is 33.9 Å². The van der Waals surface area contributed by atoms with Crippen LogP contribution in [0.3, 0.4) is 0 Å². The number of nitrogens with zero attached hydrogens (tertiary/aromatic N) is 1. The summed E-state index contributed by atoms with van der Waals surface area (Å²) in [6.45, 7) is 3.63. The Hall–Kier alpha value is -1.63. The Morgan fingerprint density at radius 1 is 0.950 bits per heavy atom. The van der Waals surface area contributed by atoms with Gasteiger partial charge in [-0.3, -0.25) is 19.3 Å². The van der Waals surface area contributed by atoms with Crippen molar-refractivity contribution in [3.8, 4) is 0 Å². The molecule has 0 heterocycles. The molecular weight excluding hydrogens is 264 g/mol. The van der Waals surface area contributed by atoms with E-state index in [0.717, 1.165) is 12.8 Å². The summed E-state index contributed by atoms with van der Waals surface area (Å²) in [7, 11) is 2.51. The minimum absolute atomic E-state index is 0.0549.